The number of nitrogens with two attached hydrogens (primary N) is 1. The molecular weight excluding hydrogens is 427 g/mol. The number of benzene rings is 1. The van der Waals surface area contributed by atoms with Crippen LogP contribution in [0.4, 0.5) is 21.5 Å². The SMILES string of the molecule is Nc1c(Nc2cc(CNC(=O)c3cc(C(=O)O)n4c(=O)[nH]cc4n3)ccc2F)c(=O)c1=O. The average Bonchev–Trinajstić information content (AvgIpc) is 3.16. The molecule has 0 aliphatic heterocycles. The summed E-state index contributed by atoms with van der Waals surface area (Å²) < 4.78 is 14.9. The van der Waals surface area contributed by atoms with Crippen molar-refractivity contribution in [1.82, 2.24) is 19.7 Å². The minimum atomic E-state index is -1.43. The molecule has 32 heavy (non-hydrogen) atoms. The normalized spacial score (nSPS) is 11.0. The van der Waals surface area contributed by atoms with Crippen LogP contribution in [0.25, 0.3) is 5.65 Å². The summed E-state index contributed by atoms with van der Waals surface area (Å²) in [5, 5.41) is 14.3. The molecule has 2 aromatic heterocycles. The largest absolute Gasteiger partial charge is 0.477 e. The molecule has 12 nitrogen and oxygen atoms in total. The second kappa shape index (κ2) is 7.46. The van der Waals surface area contributed by atoms with Crippen molar-refractivity contribution in [3.63, 3.8) is 0 Å². The number of hydrogen-bond donors (Lipinski definition) is 5. The Balaban J connectivity index is 1.55. The molecule has 0 atom stereocenters. The maximum Gasteiger partial charge on any atom is 0.353 e. The summed E-state index contributed by atoms with van der Waals surface area (Å²) >= 11 is 0. The van der Waals surface area contributed by atoms with Crippen molar-refractivity contribution < 1.29 is 19.1 Å². The predicted octanol–water partition coefficient (Wildman–Crippen LogP) is -0.288. The lowest BCUT2D eigenvalue weighted by atomic mass is 10.1. The molecule has 13 heteroatoms. The van der Waals surface area contributed by atoms with E-state index in [0.717, 1.165) is 22.7 Å². The number of aromatic carboxylic acids is 1. The van der Waals surface area contributed by atoms with Gasteiger partial charge >= 0.3 is 11.7 Å². The molecule has 0 spiro atoms. The van der Waals surface area contributed by atoms with Gasteiger partial charge in [-0.3, -0.25) is 14.4 Å². The Labute approximate surface area is 175 Å². The summed E-state index contributed by atoms with van der Waals surface area (Å²) in [6.45, 7) is -0.107. The highest BCUT2D eigenvalue weighted by Gasteiger charge is 2.20. The molecule has 0 fully saturated rings. The molecule has 0 bridgehead atoms. The number of aromatic nitrogens is 3. The van der Waals surface area contributed by atoms with E-state index in [-0.39, 0.29) is 34.9 Å². The molecule has 0 saturated carbocycles. The van der Waals surface area contributed by atoms with Gasteiger partial charge < -0.3 is 26.5 Å². The summed E-state index contributed by atoms with van der Waals surface area (Å²) in [7, 11) is 0. The first-order valence-corrected chi connectivity index (χ1v) is 8.94. The Kier molecular flexibility index (Phi) is 4.77. The summed E-state index contributed by atoms with van der Waals surface area (Å²) in [5.41, 5.74) is 2.00. The molecule has 162 valence electrons. The van der Waals surface area contributed by atoms with Crippen LogP contribution >= 0.6 is 0 Å². The number of carbonyl (C=O) groups excluding carboxylic acids is 1. The number of amides is 1. The highest BCUT2D eigenvalue weighted by atomic mass is 19.1. The molecule has 2 aromatic carbocycles. The Bertz CT molecular complexity index is 1540. The van der Waals surface area contributed by atoms with E-state index in [9.17, 15) is 33.5 Å². The molecule has 1 amide bonds. The zero-order valence-electron chi connectivity index (χ0n) is 15.9. The number of carbonyl (C=O) groups is 2. The number of halogens is 1. The minimum absolute atomic E-state index is 0.0566. The van der Waals surface area contributed by atoms with Crippen LogP contribution in [0.5, 0.6) is 0 Å². The maximum atomic E-state index is 14.1. The summed E-state index contributed by atoms with van der Waals surface area (Å²) in [6.07, 6.45) is 1.16. The van der Waals surface area contributed by atoms with Crippen LogP contribution in [0.15, 0.2) is 44.8 Å². The Morgan fingerprint density at radius 1 is 1.19 bits per heavy atom. The van der Waals surface area contributed by atoms with Crippen molar-refractivity contribution in [2.75, 3.05) is 11.1 Å². The Hall–Kier alpha value is -4.81. The van der Waals surface area contributed by atoms with Crippen LogP contribution in [0.3, 0.4) is 0 Å². The van der Waals surface area contributed by atoms with Crippen LogP contribution in [0, 0.1) is 5.82 Å². The highest BCUT2D eigenvalue weighted by molar-refractivity contribution is 5.96. The number of nitrogen functional groups attached to an aromatic ring is 1. The first-order valence-electron chi connectivity index (χ1n) is 8.94. The molecule has 0 radical (unpaired) electrons. The molecule has 0 saturated heterocycles. The lowest BCUT2D eigenvalue weighted by molar-refractivity contribution is 0.0688. The fourth-order valence-electron chi connectivity index (χ4n) is 3.02. The zero-order valence-corrected chi connectivity index (χ0v) is 15.9. The summed E-state index contributed by atoms with van der Waals surface area (Å²) in [6, 6.07) is 4.71. The molecule has 6 N–H and O–H groups in total. The molecule has 2 heterocycles. The second-order valence-corrected chi connectivity index (χ2v) is 6.69. The molecule has 0 aliphatic rings. The number of hydrogen-bond acceptors (Lipinski definition) is 8. The molecule has 4 rings (SSSR count). The van der Waals surface area contributed by atoms with Crippen LogP contribution in [-0.4, -0.2) is 31.4 Å². The van der Waals surface area contributed by atoms with Crippen molar-refractivity contribution in [3.05, 3.63) is 84.2 Å². The van der Waals surface area contributed by atoms with E-state index in [1.807, 2.05) is 0 Å². The van der Waals surface area contributed by atoms with Crippen LogP contribution in [0.1, 0.15) is 26.5 Å². The van der Waals surface area contributed by atoms with Gasteiger partial charge in [0.05, 0.1) is 5.69 Å². The third kappa shape index (κ3) is 3.36. The van der Waals surface area contributed by atoms with Gasteiger partial charge in [-0.25, -0.2) is 23.4 Å². The third-order valence-electron chi connectivity index (χ3n) is 4.65. The van der Waals surface area contributed by atoms with Crippen molar-refractivity contribution in [2.24, 2.45) is 0 Å². The van der Waals surface area contributed by atoms with Crippen molar-refractivity contribution in [2.45, 2.75) is 6.54 Å². The molecule has 0 unspecified atom stereocenters. The number of imidazole rings is 1. The van der Waals surface area contributed by atoms with Gasteiger partial charge in [0.1, 0.15) is 28.6 Å². The van der Waals surface area contributed by atoms with Gasteiger partial charge in [-0.1, -0.05) is 6.07 Å². The topological polar surface area (TPSA) is 189 Å². The van der Waals surface area contributed by atoms with E-state index in [1.54, 1.807) is 0 Å². The number of rotatable bonds is 6. The highest BCUT2D eigenvalue weighted by Crippen LogP contribution is 2.22. The fraction of sp³-hybridized carbons (Fsp3) is 0.0526. The smallest absolute Gasteiger partial charge is 0.353 e. The molecule has 4 aromatic rings. The van der Waals surface area contributed by atoms with Gasteiger partial charge in [-0.2, -0.15) is 0 Å². The first-order chi connectivity index (χ1) is 15.2. The number of H-pyrrole nitrogens is 1. The van der Waals surface area contributed by atoms with Crippen molar-refractivity contribution >= 4 is 34.6 Å². The number of carboxylic acids is 1. The van der Waals surface area contributed by atoms with Crippen LogP contribution < -0.4 is 32.9 Å². The van der Waals surface area contributed by atoms with Crippen LogP contribution in [0.2, 0.25) is 0 Å². The zero-order chi connectivity index (χ0) is 23.2. The van der Waals surface area contributed by atoms with E-state index in [1.165, 1.54) is 12.1 Å². The molecule has 0 aliphatic carbocycles. The van der Waals surface area contributed by atoms with Gasteiger partial charge in [0.15, 0.2) is 5.65 Å². The van der Waals surface area contributed by atoms with Gasteiger partial charge in [0.25, 0.3) is 16.8 Å². The standard InChI is InChI=1S/C19H13FN6O6/c20-8-2-1-7(3-9(8)25-14-13(21)15(27)16(14)28)5-22-17(29)10-4-11(18(30)31)26-12(24-10)6-23-19(26)32/h1-4,6,25H,5,21H2,(H,22,29)(H,23,32)(H,30,31). The van der Waals surface area contributed by atoms with E-state index >= 15 is 0 Å². The number of fused-ring (bicyclic) bond motifs is 1. The van der Waals surface area contributed by atoms with Gasteiger partial charge in [-0.05, 0) is 17.7 Å². The fourth-order valence-corrected chi connectivity index (χ4v) is 3.02. The van der Waals surface area contributed by atoms with Gasteiger partial charge in [-0.15, -0.1) is 0 Å². The Morgan fingerprint density at radius 2 is 1.94 bits per heavy atom. The quantitative estimate of drug-likeness (QED) is 0.251. The minimum Gasteiger partial charge on any atom is -0.477 e. The monoisotopic (exact) mass is 440 g/mol. The Morgan fingerprint density at radius 3 is 2.62 bits per heavy atom. The average molecular weight is 440 g/mol. The lowest BCUT2D eigenvalue weighted by Gasteiger charge is -2.12. The molecular formula is C19H13FN6O6. The number of nitrogens with one attached hydrogen (secondary N) is 3. The maximum absolute atomic E-state index is 14.1. The van der Waals surface area contributed by atoms with E-state index in [2.05, 4.69) is 20.6 Å². The second-order valence-electron chi connectivity index (χ2n) is 6.69. The summed E-state index contributed by atoms with van der Waals surface area (Å²) in [5.74, 6) is -2.89. The number of anilines is 3. The predicted molar refractivity (Wildman–Crippen MR) is 109 cm³/mol. The van der Waals surface area contributed by atoms with Crippen LogP contribution in [-0.2, 0) is 6.54 Å². The van der Waals surface area contributed by atoms with Gasteiger partial charge in [0, 0.05) is 18.8 Å². The van der Waals surface area contributed by atoms with Gasteiger partial charge in [0.2, 0.25) is 0 Å². The van der Waals surface area contributed by atoms with Crippen molar-refractivity contribution in [3.8, 4) is 0 Å². The van der Waals surface area contributed by atoms with Crippen molar-refractivity contribution in [1.29, 1.82) is 0 Å². The van der Waals surface area contributed by atoms with E-state index in [4.69, 9.17) is 5.73 Å². The van der Waals surface area contributed by atoms with E-state index < -0.39 is 39.9 Å². The number of aromatic amines is 1. The third-order valence-corrected chi connectivity index (χ3v) is 4.65. The lowest BCUT2D eigenvalue weighted by Crippen LogP contribution is -2.36. The first kappa shape index (κ1) is 20.5. The summed E-state index contributed by atoms with van der Waals surface area (Å²) in [4.78, 5) is 64.6. The van der Waals surface area contributed by atoms with E-state index in [0.29, 0.717) is 5.56 Å². The number of carboxylic acid groups (broad SMARTS) is 1. The number of nitrogens with zero attached hydrogens (tertiary/aromatic N) is 2.